The third-order valence-electron chi connectivity index (χ3n) is 19.3. The summed E-state index contributed by atoms with van der Waals surface area (Å²) in [7, 11) is 1.57. The number of alkyl halides is 3. The van der Waals surface area contributed by atoms with Gasteiger partial charge in [-0.1, -0.05) is 27.7 Å². The third kappa shape index (κ3) is 11.8. The van der Waals surface area contributed by atoms with Crippen LogP contribution in [0.25, 0.3) is 22.2 Å². The van der Waals surface area contributed by atoms with E-state index < -0.39 is 54.4 Å². The number of anilines is 2. The van der Waals surface area contributed by atoms with Gasteiger partial charge in [-0.25, -0.2) is 5.43 Å². The second kappa shape index (κ2) is 22.7. The summed E-state index contributed by atoms with van der Waals surface area (Å²) in [6.45, 7) is 17.0. The average molecular weight is 1140 g/mol. The molecule has 2 aromatic heterocycles. The van der Waals surface area contributed by atoms with Gasteiger partial charge in [-0.05, 0) is 100 Å². The van der Waals surface area contributed by atoms with Crippen molar-refractivity contribution in [3.05, 3.63) is 41.7 Å². The molecule has 1 saturated carbocycles. The summed E-state index contributed by atoms with van der Waals surface area (Å²) < 4.78 is 71.6. The van der Waals surface area contributed by atoms with Gasteiger partial charge in [-0.15, -0.1) is 0 Å². The van der Waals surface area contributed by atoms with Crippen LogP contribution in [-0.2, 0) is 51.1 Å². The first kappa shape index (κ1) is 57.3. The molecule has 3 N–H and O–H groups in total. The van der Waals surface area contributed by atoms with Crippen LogP contribution in [0.5, 0.6) is 0 Å². The quantitative estimate of drug-likeness (QED) is 0.174. The van der Waals surface area contributed by atoms with Crippen molar-refractivity contribution < 1.29 is 51.3 Å². The zero-order valence-corrected chi connectivity index (χ0v) is 48.6. The minimum Gasteiger partial charge on any atom is -0.464 e. The monoisotopic (exact) mass is 1140 g/mol. The SMILES string of the molecule is CO[C@@H](C)c1ncc(N2CCN3CCOC[C@@H]3C2)cc1-c1c2c3cc(ccc3n1CC(F)(F)F)N1CCO[C@@H](C[C@H](NC(=O)C(C(C)C)N3CC[C@]4(CCN(C(=O)[C@@H]5NC5C5CC5)C4)C3)C(=O)N3CCC[C@H](N3)C(=O)OCC(C)(C)C2)C1. The van der Waals surface area contributed by atoms with Crippen LogP contribution in [0.1, 0.15) is 96.9 Å². The van der Waals surface area contributed by atoms with Gasteiger partial charge < -0.3 is 43.5 Å². The normalized spacial score (nSPS) is 30.2. The van der Waals surface area contributed by atoms with Crippen molar-refractivity contribution in [3.8, 4) is 11.3 Å². The molecule has 9 atom stereocenters. The van der Waals surface area contributed by atoms with Gasteiger partial charge in [-0.2, -0.15) is 13.2 Å². The number of hydrogen-bond donors (Lipinski definition) is 3. The number of esters is 1. The van der Waals surface area contributed by atoms with E-state index in [0.29, 0.717) is 137 Å². The second-order valence-corrected chi connectivity index (χ2v) is 26.4. The number of amides is 3. The number of pyridine rings is 1. The van der Waals surface area contributed by atoms with E-state index in [2.05, 4.69) is 35.7 Å². The van der Waals surface area contributed by atoms with Crippen LogP contribution in [-0.4, -0.2) is 207 Å². The summed E-state index contributed by atoms with van der Waals surface area (Å²) in [6, 6.07) is 5.53. The van der Waals surface area contributed by atoms with Crippen LogP contribution in [0.15, 0.2) is 30.5 Å². The number of halogens is 3. The van der Waals surface area contributed by atoms with Crippen LogP contribution in [0, 0.1) is 22.7 Å². The molecule has 7 saturated heterocycles. The molecule has 82 heavy (non-hydrogen) atoms. The first-order valence-electron chi connectivity index (χ1n) is 30.3. The molecule has 22 heteroatoms. The van der Waals surface area contributed by atoms with E-state index in [-0.39, 0.29) is 60.6 Å². The predicted molar refractivity (Wildman–Crippen MR) is 302 cm³/mol. The highest BCUT2D eigenvalue weighted by Crippen LogP contribution is 2.46. The molecule has 2 unspecified atom stereocenters. The molecule has 1 spiro atoms. The molecule has 1 aliphatic carbocycles. The van der Waals surface area contributed by atoms with Gasteiger partial charge in [-0.3, -0.25) is 44.3 Å². The second-order valence-electron chi connectivity index (χ2n) is 26.4. The number of benzene rings is 1. The minimum absolute atomic E-state index is 0.0679. The lowest BCUT2D eigenvalue weighted by molar-refractivity contribution is -0.156. The van der Waals surface area contributed by atoms with Gasteiger partial charge in [0.1, 0.15) is 24.7 Å². The lowest BCUT2D eigenvalue weighted by Gasteiger charge is -2.44. The highest BCUT2D eigenvalue weighted by molar-refractivity contribution is 5.95. The van der Waals surface area contributed by atoms with E-state index in [1.807, 2.05) is 57.7 Å². The molecule has 3 amide bonds. The number of piperazine rings is 1. The summed E-state index contributed by atoms with van der Waals surface area (Å²) in [4.78, 5) is 73.9. The molecule has 1 aromatic carbocycles. The first-order valence-corrected chi connectivity index (χ1v) is 30.3. The van der Waals surface area contributed by atoms with Crippen molar-refractivity contribution in [2.45, 2.75) is 147 Å². The van der Waals surface area contributed by atoms with E-state index in [1.165, 1.54) is 22.4 Å². The molecule has 10 heterocycles. The van der Waals surface area contributed by atoms with Crippen molar-refractivity contribution in [2.75, 3.05) is 115 Å². The molecule has 8 aliphatic heterocycles. The fourth-order valence-corrected chi connectivity index (χ4v) is 14.7. The maximum absolute atomic E-state index is 15.3. The fraction of sp³-hybridized carbons (Fsp3) is 0.717. The number of morpholine rings is 2. The summed E-state index contributed by atoms with van der Waals surface area (Å²) >= 11 is 0. The van der Waals surface area contributed by atoms with E-state index >= 15 is 18.0 Å². The smallest absolute Gasteiger partial charge is 0.406 e. The van der Waals surface area contributed by atoms with Crippen LogP contribution in [0.2, 0.25) is 0 Å². The highest BCUT2D eigenvalue weighted by Gasteiger charge is 2.55. The Kier molecular flexibility index (Phi) is 15.9. The Labute approximate surface area is 479 Å². The van der Waals surface area contributed by atoms with Gasteiger partial charge >= 0.3 is 12.1 Å². The Hall–Kier alpha value is -5.10. The Morgan fingerprint density at radius 2 is 1.74 bits per heavy atom. The van der Waals surface area contributed by atoms with Gasteiger partial charge in [0, 0.05) is 118 Å². The molecule has 0 radical (unpaired) electrons. The number of cyclic esters (lactones) is 1. The minimum atomic E-state index is -4.61. The van der Waals surface area contributed by atoms with Crippen molar-refractivity contribution in [1.29, 1.82) is 0 Å². The van der Waals surface area contributed by atoms with Gasteiger partial charge in [0.25, 0.3) is 5.91 Å². The van der Waals surface area contributed by atoms with Crippen molar-refractivity contribution in [2.24, 2.45) is 22.7 Å². The fourth-order valence-electron chi connectivity index (χ4n) is 14.7. The number of likely N-dealkylation sites (tertiary alicyclic amines) is 2. The van der Waals surface area contributed by atoms with E-state index in [9.17, 15) is 14.4 Å². The summed E-state index contributed by atoms with van der Waals surface area (Å²) in [5.74, 6) is -0.482. The largest absolute Gasteiger partial charge is 0.464 e. The number of rotatable bonds is 11. The number of fused-ring (bicyclic) bond motifs is 7. The van der Waals surface area contributed by atoms with E-state index in [0.717, 1.165) is 37.3 Å². The highest BCUT2D eigenvalue weighted by atomic mass is 19.4. The predicted octanol–water partition coefficient (Wildman–Crippen LogP) is 4.89. The summed E-state index contributed by atoms with van der Waals surface area (Å²) in [6.07, 6.45) is 1.45. The molecule has 6 bridgehead atoms. The molecule has 8 fully saturated rings. The van der Waals surface area contributed by atoms with Crippen molar-refractivity contribution in [3.63, 3.8) is 0 Å². The van der Waals surface area contributed by atoms with Crippen LogP contribution in [0.3, 0.4) is 0 Å². The number of aromatic nitrogens is 2. The molecular formula is C60H84F3N11O8. The average Bonchev–Trinajstić information content (AvgIpc) is 3.85. The Morgan fingerprint density at radius 3 is 2.52 bits per heavy atom. The third-order valence-corrected chi connectivity index (χ3v) is 19.3. The molecule has 19 nitrogen and oxygen atoms in total. The lowest BCUT2D eigenvalue weighted by Crippen LogP contribution is -2.62. The topological polar surface area (TPSA) is 188 Å². The number of ether oxygens (including phenoxy) is 4. The number of nitrogens with one attached hydrogen (secondary N) is 3. The molecule has 3 aromatic rings. The Morgan fingerprint density at radius 1 is 0.939 bits per heavy atom. The Bertz CT molecular complexity index is 2900. The molecule has 12 rings (SSSR count). The zero-order valence-electron chi connectivity index (χ0n) is 48.6. The Balaban J connectivity index is 0.870. The molecule has 448 valence electrons. The van der Waals surface area contributed by atoms with Crippen LogP contribution in [0.4, 0.5) is 24.5 Å². The van der Waals surface area contributed by atoms with Gasteiger partial charge in [0.05, 0.1) is 74.0 Å². The number of carbonyl (C=O) groups excluding carboxylic acids is 4. The molecule has 9 aliphatic rings. The van der Waals surface area contributed by atoms with Crippen LogP contribution >= 0.6 is 0 Å². The first-order chi connectivity index (χ1) is 39.2. The summed E-state index contributed by atoms with van der Waals surface area (Å²) in [5.41, 5.74) is 6.30. The van der Waals surface area contributed by atoms with Gasteiger partial charge in [0.2, 0.25) is 11.8 Å². The standard InChI is InChI=1S/C60H84F3N11O8/c1-36(2)52(71-16-13-59(32-71)14-17-72(33-59)56(77)51-50(66-51)38-9-10-38)54(75)65-47-26-42-30-70(21-23-81-42)39-11-12-48-43(24-39)45(27-58(4,5)35-82-57(78)46-8-7-15-74(67-46)55(47)76)53(73(48)34-60(61,62)63)44-25-40(28-64-49(44)37(3)79-6)69-19-18-68-20-22-80-31-41(68)29-69/h11-12,24-25,28,36-38,41-42,46-47,50-52,66-67H,7-10,13-23,26-27,29-35H2,1-6H3,(H,65,75)/t37-,41-,42-,46-,47-,50?,51+,52?,59-/m0/s1. The van der Waals surface area contributed by atoms with Gasteiger partial charge in [0.15, 0.2) is 0 Å². The van der Waals surface area contributed by atoms with E-state index in [1.54, 1.807) is 19.4 Å². The number of methoxy groups -OCH3 is 1. The van der Waals surface area contributed by atoms with Crippen LogP contribution < -0.4 is 25.9 Å². The number of hydrogen-bond acceptors (Lipinski definition) is 15. The van der Waals surface area contributed by atoms with E-state index in [4.69, 9.17) is 23.9 Å². The van der Waals surface area contributed by atoms with Crippen molar-refractivity contribution >= 4 is 46.0 Å². The maximum atomic E-state index is 15.3. The number of nitrogens with zero attached hydrogens (tertiary/aromatic N) is 8. The number of hydrazine groups is 1. The summed E-state index contributed by atoms with van der Waals surface area (Å²) in [5, 5.41) is 8.73. The maximum Gasteiger partial charge on any atom is 0.406 e. The lowest BCUT2D eigenvalue weighted by atomic mass is 9.84. The van der Waals surface area contributed by atoms with Crippen molar-refractivity contribution in [1.82, 2.24) is 45.3 Å². The zero-order chi connectivity index (χ0) is 57.4. The number of carbonyl (C=O) groups is 4. The molecular weight excluding hydrogens is 1060 g/mol.